The fourth-order valence-corrected chi connectivity index (χ4v) is 2.26. The van der Waals surface area contributed by atoms with Crippen molar-refractivity contribution in [1.29, 1.82) is 0 Å². The average molecular weight is 226 g/mol. The van der Waals surface area contributed by atoms with Crippen molar-refractivity contribution in [2.45, 2.75) is 52.0 Å². The molecular weight excluding hydrogens is 200 g/mol. The van der Waals surface area contributed by atoms with Gasteiger partial charge in [0.2, 0.25) is 5.91 Å². The summed E-state index contributed by atoms with van der Waals surface area (Å²) in [7, 11) is 2.18. The molecular formula is C13H26N2O. The first-order chi connectivity index (χ1) is 7.61. The minimum absolute atomic E-state index is 0.0972. The predicted octanol–water partition coefficient (Wildman–Crippen LogP) is 2.02. The van der Waals surface area contributed by atoms with Crippen molar-refractivity contribution in [3.8, 4) is 0 Å². The van der Waals surface area contributed by atoms with Gasteiger partial charge in [-0.05, 0) is 19.9 Å². The monoisotopic (exact) mass is 226 g/mol. The maximum Gasteiger partial charge on any atom is 0.222 e. The number of likely N-dealkylation sites (N-methyl/N-ethyl adjacent to an activating group) is 1. The Morgan fingerprint density at radius 2 is 1.94 bits per heavy atom. The van der Waals surface area contributed by atoms with Gasteiger partial charge in [0.25, 0.3) is 0 Å². The molecule has 0 radical (unpaired) electrons. The second kappa shape index (κ2) is 6.89. The lowest BCUT2D eigenvalue weighted by Gasteiger charge is -2.31. The van der Waals surface area contributed by atoms with E-state index in [9.17, 15) is 4.79 Å². The third-order valence-corrected chi connectivity index (χ3v) is 3.49. The molecule has 0 atom stereocenters. The summed E-state index contributed by atoms with van der Waals surface area (Å²) in [6.45, 7) is 5.62. The summed E-state index contributed by atoms with van der Waals surface area (Å²) in [6.07, 6.45) is 6.79. The fourth-order valence-electron chi connectivity index (χ4n) is 2.26. The standard InChI is InChI=1S/C13H26N2O/c1-11(2)13(16)14-9-10-15(3)12-7-5-4-6-8-12/h11-12H,4-10H2,1-3H3,(H,14,16). The molecule has 1 aliphatic rings. The van der Waals surface area contributed by atoms with Gasteiger partial charge >= 0.3 is 0 Å². The first-order valence-electron chi connectivity index (χ1n) is 6.59. The molecule has 0 unspecified atom stereocenters. The minimum Gasteiger partial charge on any atom is -0.355 e. The Hall–Kier alpha value is -0.570. The molecule has 3 nitrogen and oxygen atoms in total. The maximum atomic E-state index is 11.4. The molecule has 0 aromatic rings. The van der Waals surface area contributed by atoms with Crippen LogP contribution in [0.25, 0.3) is 0 Å². The summed E-state index contributed by atoms with van der Waals surface area (Å²) in [5.74, 6) is 0.261. The first kappa shape index (κ1) is 13.5. The van der Waals surface area contributed by atoms with E-state index in [0.717, 1.165) is 19.1 Å². The Morgan fingerprint density at radius 3 is 2.50 bits per heavy atom. The summed E-state index contributed by atoms with van der Waals surface area (Å²) in [5, 5.41) is 2.97. The molecule has 0 aromatic carbocycles. The molecule has 1 amide bonds. The van der Waals surface area contributed by atoms with Crippen molar-refractivity contribution in [2.75, 3.05) is 20.1 Å². The van der Waals surface area contributed by atoms with Crippen LogP contribution < -0.4 is 5.32 Å². The van der Waals surface area contributed by atoms with Gasteiger partial charge in [-0.1, -0.05) is 33.1 Å². The van der Waals surface area contributed by atoms with Crippen LogP contribution in [0.15, 0.2) is 0 Å². The lowest BCUT2D eigenvalue weighted by atomic mass is 9.94. The van der Waals surface area contributed by atoms with Crippen LogP contribution in [0, 0.1) is 5.92 Å². The molecule has 1 N–H and O–H groups in total. The third-order valence-electron chi connectivity index (χ3n) is 3.49. The smallest absolute Gasteiger partial charge is 0.222 e. The van der Waals surface area contributed by atoms with E-state index in [-0.39, 0.29) is 11.8 Å². The molecule has 0 aliphatic heterocycles. The summed E-state index contributed by atoms with van der Waals surface area (Å²) >= 11 is 0. The van der Waals surface area contributed by atoms with Crippen molar-refractivity contribution in [3.05, 3.63) is 0 Å². The van der Waals surface area contributed by atoms with Gasteiger partial charge < -0.3 is 10.2 Å². The summed E-state index contributed by atoms with van der Waals surface area (Å²) in [6, 6.07) is 0.740. The molecule has 0 spiro atoms. The van der Waals surface area contributed by atoms with E-state index in [0.29, 0.717) is 0 Å². The van der Waals surface area contributed by atoms with E-state index in [1.54, 1.807) is 0 Å². The zero-order valence-electron chi connectivity index (χ0n) is 11.0. The van der Waals surface area contributed by atoms with Crippen LogP contribution in [0.5, 0.6) is 0 Å². The highest BCUT2D eigenvalue weighted by molar-refractivity contribution is 5.77. The Labute approximate surface area is 99.6 Å². The Morgan fingerprint density at radius 1 is 1.31 bits per heavy atom. The Bertz CT molecular complexity index is 210. The average Bonchev–Trinajstić information content (AvgIpc) is 2.29. The second-order valence-electron chi connectivity index (χ2n) is 5.22. The lowest BCUT2D eigenvalue weighted by Crippen LogP contribution is -2.40. The summed E-state index contributed by atoms with van der Waals surface area (Å²) in [4.78, 5) is 13.8. The molecule has 0 aromatic heterocycles. The number of hydrogen-bond acceptors (Lipinski definition) is 2. The van der Waals surface area contributed by atoms with E-state index < -0.39 is 0 Å². The zero-order chi connectivity index (χ0) is 12.0. The van der Waals surface area contributed by atoms with Crippen LogP contribution in [-0.2, 0) is 4.79 Å². The fraction of sp³-hybridized carbons (Fsp3) is 0.923. The van der Waals surface area contributed by atoms with Crippen LogP contribution in [-0.4, -0.2) is 37.0 Å². The van der Waals surface area contributed by atoms with Crippen LogP contribution in [0.3, 0.4) is 0 Å². The SMILES string of the molecule is CC(C)C(=O)NCCN(C)C1CCCCC1. The van der Waals surface area contributed by atoms with E-state index in [1.807, 2.05) is 13.8 Å². The molecule has 94 valence electrons. The summed E-state index contributed by atoms with van der Waals surface area (Å²) in [5.41, 5.74) is 0. The van der Waals surface area contributed by atoms with Gasteiger partial charge in [0.05, 0.1) is 0 Å². The molecule has 1 aliphatic carbocycles. The van der Waals surface area contributed by atoms with Crippen molar-refractivity contribution < 1.29 is 4.79 Å². The van der Waals surface area contributed by atoms with Gasteiger partial charge in [0.1, 0.15) is 0 Å². The van der Waals surface area contributed by atoms with Crippen LogP contribution in [0.2, 0.25) is 0 Å². The highest BCUT2D eigenvalue weighted by Gasteiger charge is 2.17. The maximum absolute atomic E-state index is 11.4. The molecule has 1 saturated carbocycles. The first-order valence-corrected chi connectivity index (χ1v) is 6.59. The van der Waals surface area contributed by atoms with Gasteiger partial charge in [0.15, 0.2) is 0 Å². The number of rotatable bonds is 5. The zero-order valence-corrected chi connectivity index (χ0v) is 11.0. The van der Waals surface area contributed by atoms with Crippen molar-refractivity contribution in [1.82, 2.24) is 10.2 Å². The molecule has 3 heteroatoms. The second-order valence-corrected chi connectivity index (χ2v) is 5.22. The largest absolute Gasteiger partial charge is 0.355 e. The number of carbonyl (C=O) groups is 1. The number of hydrogen-bond donors (Lipinski definition) is 1. The van der Waals surface area contributed by atoms with E-state index >= 15 is 0 Å². The van der Waals surface area contributed by atoms with Gasteiger partial charge in [-0.2, -0.15) is 0 Å². The van der Waals surface area contributed by atoms with Crippen molar-refractivity contribution in [2.24, 2.45) is 5.92 Å². The molecule has 16 heavy (non-hydrogen) atoms. The normalized spacial score (nSPS) is 18.1. The highest BCUT2D eigenvalue weighted by Crippen LogP contribution is 2.21. The van der Waals surface area contributed by atoms with E-state index in [1.165, 1.54) is 32.1 Å². The topological polar surface area (TPSA) is 32.3 Å². The van der Waals surface area contributed by atoms with E-state index in [4.69, 9.17) is 0 Å². The molecule has 0 bridgehead atoms. The summed E-state index contributed by atoms with van der Waals surface area (Å²) < 4.78 is 0. The Balaban J connectivity index is 2.14. The third kappa shape index (κ3) is 4.52. The predicted molar refractivity (Wildman–Crippen MR) is 67.4 cm³/mol. The van der Waals surface area contributed by atoms with Crippen LogP contribution >= 0.6 is 0 Å². The minimum atomic E-state index is 0.0972. The van der Waals surface area contributed by atoms with Gasteiger partial charge in [0, 0.05) is 25.0 Å². The van der Waals surface area contributed by atoms with Gasteiger partial charge in [-0.15, -0.1) is 0 Å². The molecule has 0 saturated heterocycles. The number of amides is 1. The number of nitrogens with zero attached hydrogens (tertiary/aromatic N) is 1. The van der Waals surface area contributed by atoms with E-state index in [2.05, 4.69) is 17.3 Å². The lowest BCUT2D eigenvalue weighted by molar-refractivity contribution is -0.124. The quantitative estimate of drug-likeness (QED) is 0.778. The number of nitrogens with one attached hydrogen (secondary N) is 1. The van der Waals surface area contributed by atoms with Crippen LogP contribution in [0.4, 0.5) is 0 Å². The van der Waals surface area contributed by atoms with Crippen LogP contribution in [0.1, 0.15) is 46.0 Å². The molecule has 1 rings (SSSR count). The molecule has 0 heterocycles. The van der Waals surface area contributed by atoms with Gasteiger partial charge in [-0.25, -0.2) is 0 Å². The van der Waals surface area contributed by atoms with Gasteiger partial charge in [-0.3, -0.25) is 4.79 Å². The van der Waals surface area contributed by atoms with Crippen molar-refractivity contribution in [3.63, 3.8) is 0 Å². The number of carbonyl (C=O) groups excluding carboxylic acids is 1. The highest BCUT2D eigenvalue weighted by atomic mass is 16.1. The van der Waals surface area contributed by atoms with Crippen molar-refractivity contribution >= 4 is 5.91 Å². The molecule has 1 fully saturated rings. The Kier molecular flexibility index (Phi) is 5.81.